The maximum absolute atomic E-state index is 12.3. The summed E-state index contributed by atoms with van der Waals surface area (Å²) in [5, 5.41) is 0.641. The monoisotopic (exact) mass is 324 g/mol. The molecule has 0 unspecified atom stereocenters. The Labute approximate surface area is 130 Å². The minimum Gasteiger partial charge on any atom is -0.398 e. The summed E-state index contributed by atoms with van der Waals surface area (Å²) in [6.07, 6.45) is 0.571. The molecule has 2 aromatic carbocycles. The van der Waals surface area contributed by atoms with Crippen LogP contribution in [0.2, 0.25) is 5.02 Å². The SMILES string of the molecule is Cc1c(N)cccc1S(=O)(=O)NCCc1cccc(Cl)c1. The summed E-state index contributed by atoms with van der Waals surface area (Å²) in [7, 11) is -3.56. The fourth-order valence-corrected chi connectivity index (χ4v) is 3.54. The Morgan fingerprint density at radius 2 is 1.90 bits per heavy atom. The van der Waals surface area contributed by atoms with Crippen LogP contribution in [0.3, 0.4) is 0 Å². The summed E-state index contributed by atoms with van der Waals surface area (Å²) in [4.78, 5) is 0.216. The average molecular weight is 325 g/mol. The van der Waals surface area contributed by atoms with E-state index in [0.29, 0.717) is 29.2 Å². The van der Waals surface area contributed by atoms with Gasteiger partial charge in [0.05, 0.1) is 4.90 Å². The van der Waals surface area contributed by atoms with Crippen molar-refractivity contribution in [3.8, 4) is 0 Å². The Balaban J connectivity index is 2.07. The van der Waals surface area contributed by atoms with Gasteiger partial charge in [0, 0.05) is 17.3 Å². The van der Waals surface area contributed by atoms with Crippen LogP contribution in [0.25, 0.3) is 0 Å². The first kappa shape index (κ1) is 15.8. The number of nitrogens with one attached hydrogen (secondary N) is 1. The minimum atomic E-state index is -3.56. The van der Waals surface area contributed by atoms with Gasteiger partial charge in [-0.15, -0.1) is 0 Å². The number of anilines is 1. The van der Waals surface area contributed by atoms with Crippen LogP contribution in [0.4, 0.5) is 5.69 Å². The van der Waals surface area contributed by atoms with Crippen LogP contribution in [-0.2, 0) is 16.4 Å². The van der Waals surface area contributed by atoms with Crippen molar-refractivity contribution in [1.82, 2.24) is 4.72 Å². The van der Waals surface area contributed by atoms with Crippen LogP contribution < -0.4 is 10.5 Å². The Morgan fingerprint density at radius 1 is 1.19 bits per heavy atom. The second-order valence-electron chi connectivity index (χ2n) is 4.75. The van der Waals surface area contributed by atoms with Crippen LogP contribution in [0, 0.1) is 6.92 Å². The highest BCUT2D eigenvalue weighted by Crippen LogP contribution is 2.20. The molecular weight excluding hydrogens is 308 g/mol. The Kier molecular flexibility index (Phi) is 4.88. The molecule has 0 bridgehead atoms. The summed E-state index contributed by atoms with van der Waals surface area (Å²) >= 11 is 5.90. The molecule has 0 aliphatic heterocycles. The van der Waals surface area contributed by atoms with Crippen LogP contribution in [-0.4, -0.2) is 15.0 Å². The van der Waals surface area contributed by atoms with E-state index >= 15 is 0 Å². The molecular formula is C15H17ClN2O2S. The predicted molar refractivity (Wildman–Crippen MR) is 85.9 cm³/mol. The van der Waals surface area contributed by atoms with Gasteiger partial charge in [0.25, 0.3) is 0 Å². The lowest BCUT2D eigenvalue weighted by atomic mass is 10.2. The van der Waals surface area contributed by atoms with Gasteiger partial charge in [-0.1, -0.05) is 29.8 Å². The lowest BCUT2D eigenvalue weighted by Crippen LogP contribution is -2.26. The number of rotatable bonds is 5. The van der Waals surface area contributed by atoms with Gasteiger partial charge >= 0.3 is 0 Å². The van der Waals surface area contributed by atoms with Gasteiger partial charge < -0.3 is 5.73 Å². The van der Waals surface area contributed by atoms with Crippen molar-refractivity contribution in [2.24, 2.45) is 0 Å². The molecule has 0 aliphatic carbocycles. The molecule has 0 aromatic heterocycles. The maximum atomic E-state index is 12.3. The first-order valence-corrected chi connectivity index (χ1v) is 8.35. The van der Waals surface area contributed by atoms with Crippen molar-refractivity contribution in [2.45, 2.75) is 18.2 Å². The molecule has 0 atom stereocenters. The quantitative estimate of drug-likeness (QED) is 0.831. The molecule has 112 valence electrons. The van der Waals surface area contributed by atoms with Gasteiger partial charge in [-0.3, -0.25) is 0 Å². The molecule has 2 aromatic rings. The van der Waals surface area contributed by atoms with E-state index in [1.165, 1.54) is 0 Å². The molecule has 0 radical (unpaired) electrons. The summed E-state index contributed by atoms with van der Waals surface area (Å²) in [5.74, 6) is 0. The fourth-order valence-electron chi connectivity index (χ4n) is 2.02. The van der Waals surface area contributed by atoms with Crippen LogP contribution in [0.15, 0.2) is 47.4 Å². The molecule has 0 saturated carbocycles. The number of halogens is 1. The van der Waals surface area contributed by atoms with Crippen molar-refractivity contribution >= 4 is 27.3 Å². The zero-order chi connectivity index (χ0) is 15.5. The topological polar surface area (TPSA) is 72.2 Å². The Hall–Kier alpha value is -1.56. The highest BCUT2D eigenvalue weighted by atomic mass is 35.5. The van der Waals surface area contributed by atoms with E-state index in [4.69, 9.17) is 17.3 Å². The van der Waals surface area contributed by atoms with Crippen molar-refractivity contribution in [2.75, 3.05) is 12.3 Å². The third-order valence-electron chi connectivity index (χ3n) is 3.21. The Morgan fingerprint density at radius 3 is 2.62 bits per heavy atom. The lowest BCUT2D eigenvalue weighted by molar-refractivity contribution is 0.581. The molecule has 0 saturated heterocycles. The molecule has 2 rings (SSSR count). The average Bonchev–Trinajstić information content (AvgIpc) is 2.41. The molecule has 0 spiro atoms. The normalized spacial score (nSPS) is 11.5. The minimum absolute atomic E-state index is 0.216. The second-order valence-corrected chi connectivity index (χ2v) is 6.92. The third kappa shape index (κ3) is 3.97. The third-order valence-corrected chi connectivity index (χ3v) is 5.05. The van der Waals surface area contributed by atoms with E-state index in [2.05, 4.69) is 4.72 Å². The number of sulfonamides is 1. The molecule has 4 nitrogen and oxygen atoms in total. The van der Waals surface area contributed by atoms with Crippen molar-refractivity contribution < 1.29 is 8.42 Å². The van der Waals surface area contributed by atoms with E-state index in [-0.39, 0.29) is 4.90 Å². The van der Waals surface area contributed by atoms with E-state index in [1.807, 2.05) is 18.2 Å². The number of benzene rings is 2. The van der Waals surface area contributed by atoms with Crippen LogP contribution in [0.1, 0.15) is 11.1 Å². The zero-order valence-corrected chi connectivity index (χ0v) is 13.2. The number of hydrogen-bond acceptors (Lipinski definition) is 3. The fraction of sp³-hybridized carbons (Fsp3) is 0.200. The van der Waals surface area contributed by atoms with Gasteiger partial charge in [0.1, 0.15) is 0 Å². The summed E-state index contributed by atoms with van der Waals surface area (Å²) < 4.78 is 27.1. The number of nitrogen functional groups attached to an aromatic ring is 1. The number of hydrogen-bond donors (Lipinski definition) is 2. The maximum Gasteiger partial charge on any atom is 0.240 e. The van der Waals surface area contributed by atoms with E-state index in [0.717, 1.165) is 5.56 Å². The summed E-state index contributed by atoms with van der Waals surface area (Å²) in [6.45, 7) is 2.00. The van der Waals surface area contributed by atoms with Gasteiger partial charge in [-0.05, 0) is 48.7 Å². The smallest absolute Gasteiger partial charge is 0.240 e. The second kappa shape index (κ2) is 6.47. The largest absolute Gasteiger partial charge is 0.398 e. The first-order valence-electron chi connectivity index (χ1n) is 6.49. The lowest BCUT2D eigenvalue weighted by Gasteiger charge is -2.11. The summed E-state index contributed by atoms with van der Waals surface area (Å²) in [5.41, 5.74) is 7.76. The van der Waals surface area contributed by atoms with Gasteiger partial charge in [0.2, 0.25) is 10.0 Å². The molecule has 3 N–H and O–H groups in total. The molecule has 0 amide bonds. The van der Waals surface area contributed by atoms with Gasteiger partial charge in [0.15, 0.2) is 0 Å². The van der Waals surface area contributed by atoms with Crippen LogP contribution >= 0.6 is 11.6 Å². The van der Waals surface area contributed by atoms with E-state index in [1.54, 1.807) is 31.2 Å². The predicted octanol–water partition coefficient (Wildman–Crippen LogP) is 2.75. The summed E-state index contributed by atoms with van der Waals surface area (Å²) in [6, 6.07) is 12.2. The van der Waals surface area contributed by atoms with Crippen LogP contribution in [0.5, 0.6) is 0 Å². The van der Waals surface area contributed by atoms with Crippen molar-refractivity contribution in [1.29, 1.82) is 0 Å². The Bertz CT molecular complexity index is 745. The molecule has 21 heavy (non-hydrogen) atoms. The molecule has 0 fully saturated rings. The van der Waals surface area contributed by atoms with Gasteiger partial charge in [-0.2, -0.15) is 0 Å². The molecule has 0 heterocycles. The standard InChI is InChI=1S/C15H17ClN2O2S/c1-11-14(17)6-3-7-15(11)21(19,20)18-9-8-12-4-2-5-13(16)10-12/h2-7,10,18H,8-9,17H2,1H3. The van der Waals surface area contributed by atoms with Crippen molar-refractivity contribution in [3.63, 3.8) is 0 Å². The zero-order valence-electron chi connectivity index (χ0n) is 11.6. The first-order chi connectivity index (χ1) is 9.90. The highest BCUT2D eigenvalue weighted by molar-refractivity contribution is 7.89. The number of nitrogens with two attached hydrogens (primary N) is 1. The van der Waals surface area contributed by atoms with Crippen molar-refractivity contribution in [3.05, 3.63) is 58.6 Å². The highest BCUT2D eigenvalue weighted by Gasteiger charge is 2.17. The van der Waals surface area contributed by atoms with Gasteiger partial charge in [-0.25, -0.2) is 13.1 Å². The van der Waals surface area contributed by atoms with E-state index in [9.17, 15) is 8.42 Å². The molecule has 0 aliphatic rings. The van der Waals surface area contributed by atoms with E-state index < -0.39 is 10.0 Å². The molecule has 6 heteroatoms.